The van der Waals surface area contributed by atoms with Crippen LogP contribution in [0.15, 0.2) is 0 Å². The van der Waals surface area contributed by atoms with Crippen molar-refractivity contribution in [3.63, 3.8) is 0 Å². The Bertz CT molecular complexity index is 122. The van der Waals surface area contributed by atoms with E-state index in [0.29, 0.717) is 0 Å². The van der Waals surface area contributed by atoms with E-state index in [0.717, 1.165) is 12.8 Å². The third-order valence-corrected chi connectivity index (χ3v) is 1.49. The van der Waals surface area contributed by atoms with Gasteiger partial charge >= 0.3 is 0 Å². The highest BCUT2D eigenvalue weighted by molar-refractivity contribution is 7.67. The van der Waals surface area contributed by atoms with Crippen LogP contribution in [-0.2, 0) is 15.2 Å². The minimum absolute atomic E-state index is 0.156. The van der Waals surface area contributed by atoms with E-state index in [9.17, 15) is 8.42 Å². The molecule has 0 aromatic rings. The quantitative estimate of drug-likeness (QED) is 0.603. The lowest BCUT2D eigenvalue weighted by Gasteiger charge is -2.03. The van der Waals surface area contributed by atoms with Gasteiger partial charge in [-0.2, -0.15) is 0 Å². The largest absolute Gasteiger partial charge is 0.269 e. The van der Waals surface area contributed by atoms with E-state index in [1.807, 2.05) is 6.92 Å². The fourth-order valence-electron chi connectivity index (χ4n) is 0.606. The van der Waals surface area contributed by atoms with Crippen molar-refractivity contribution in [3.8, 4) is 0 Å². The van der Waals surface area contributed by atoms with Crippen LogP contribution in [0, 0.1) is 0 Å². The Labute approximate surface area is 57.2 Å². The molecule has 1 unspecified atom stereocenters. The molecule has 0 rings (SSSR count). The monoisotopic (exact) mass is 152 g/mol. The SMILES string of the molecule is CCCC(C)O[SH](=O)=O. The van der Waals surface area contributed by atoms with Crippen molar-refractivity contribution >= 4 is 11.0 Å². The Morgan fingerprint density at radius 3 is 2.44 bits per heavy atom. The second-order valence-electron chi connectivity index (χ2n) is 1.93. The molecule has 4 heteroatoms. The summed E-state index contributed by atoms with van der Waals surface area (Å²) in [7, 11) is -2.65. The number of hydrogen-bond acceptors (Lipinski definition) is 3. The van der Waals surface area contributed by atoms with Gasteiger partial charge in [0, 0.05) is 0 Å². The van der Waals surface area contributed by atoms with Gasteiger partial charge in [-0.3, -0.25) is 4.18 Å². The molecular weight excluding hydrogens is 140 g/mol. The maximum Gasteiger partial charge on any atom is 0.257 e. The van der Waals surface area contributed by atoms with Crippen LogP contribution in [0.2, 0.25) is 0 Å². The lowest BCUT2D eigenvalue weighted by atomic mass is 10.2. The molecular formula is C5H12O3S. The molecule has 3 nitrogen and oxygen atoms in total. The molecule has 0 radical (unpaired) electrons. The molecule has 0 aliphatic rings. The fraction of sp³-hybridized carbons (Fsp3) is 1.00. The van der Waals surface area contributed by atoms with Crippen LogP contribution in [0.5, 0.6) is 0 Å². The molecule has 0 bridgehead atoms. The third-order valence-electron chi connectivity index (χ3n) is 0.961. The molecule has 0 aliphatic heterocycles. The number of thiol groups is 1. The molecule has 0 fully saturated rings. The number of rotatable bonds is 4. The normalized spacial score (nSPS) is 14.1. The highest BCUT2D eigenvalue weighted by atomic mass is 32.2. The van der Waals surface area contributed by atoms with Gasteiger partial charge in [0.25, 0.3) is 11.0 Å². The van der Waals surface area contributed by atoms with Crippen molar-refractivity contribution in [1.29, 1.82) is 0 Å². The first-order chi connectivity index (χ1) is 4.16. The smallest absolute Gasteiger partial charge is 0.257 e. The molecule has 0 aliphatic carbocycles. The Hall–Kier alpha value is -0.0900. The first kappa shape index (κ1) is 8.91. The van der Waals surface area contributed by atoms with Crippen molar-refractivity contribution in [2.24, 2.45) is 0 Å². The first-order valence-corrected chi connectivity index (χ1v) is 4.07. The van der Waals surface area contributed by atoms with Gasteiger partial charge in [-0.15, -0.1) is 0 Å². The van der Waals surface area contributed by atoms with E-state index in [-0.39, 0.29) is 6.10 Å². The lowest BCUT2D eigenvalue weighted by molar-refractivity contribution is 0.227. The maximum atomic E-state index is 9.90. The highest BCUT2D eigenvalue weighted by Crippen LogP contribution is 1.99. The summed E-state index contributed by atoms with van der Waals surface area (Å²) in [5, 5.41) is 0. The van der Waals surface area contributed by atoms with Crippen molar-refractivity contribution in [2.45, 2.75) is 32.8 Å². The van der Waals surface area contributed by atoms with Crippen LogP contribution >= 0.6 is 0 Å². The molecule has 0 amide bonds. The summed E-state index contributed by atoms with van der Waals surface area (Å²) in [6.07, 6.45) is 1.59. The summed E-state index contributed by atoms with van der Waals surface area (Å²) in [6, 6.07) is 0. The molecule has 0 spiro atoms. The molecule has 56 valence electrons. The molecule has 0 aromatic heterocycles. The zero-order chi connectivity index (χ0) is 7.28. The van der Waals surface area contributed by atoms with Crippen molar-refractivity contribution < 1.29 is 12.6 Å². The van der Waals surface area contributed by atoms with Crippen LogP contribution in [0.3, 0.4) is 0 Å². The van der Waals surface area contributed by atoms with E-state index in [4.69, 9.17) is 0 Å². The molecule has 0 saturated carbocycles. The van der Waals surface area contributed by atoms with Gasteiger partial charge in [0.05, 0.1) is 6.10 Å². The molecule has 9 heavy (non-hydrogen) atoms. The predicted octanol–water partition coefficient (Wildman–Crippen LogP) is 0.718. The highest BCUT2D eigenvalue weighted by Gasteiger charge is 1.99. The van der Waals surface area contributed by atoms with Crippen molar-refractivity contribution in [3.05, 3.63) is 0 Å². The predicted molar refractivity (Wildman–Crippen MR) is 35.8 cm³/mol. The molecule has 0 saturated heterocycles. The van der Waals surface area contributed by atoms with Gasteiger partial charge in [0.15, 0.2) is 0 Å². The second-order valence-corrected chi connectivity index (χ2v) is 2.59. The summed E-state index contributed by atoms with van der Waals surface area (Å²) >= 11 is 0. The Balaban J connectivity index is 3.37. The summed E-state index contributed by atoms with van der Waals surface area (Å²) in [4.78, 5) is 0. The Kier molecular flexibility index (Phi) is 4.71. The van der Waals surface area contributed by atoms with Crippen LogP contribution in [0.25, 0.3) is 0 Å². The Morgan fingerprint density at radius 2 is 2.11 bits per heavy atom. The minimum atomic E-state index is -2.65. The van der Waals surface area contributed by atoms with Crippen LogP contribution in [0.1, 0.15) is 26.7 Å². The molecule has 0 N–H and O–H groups in total. The second kappa shape index (κ2) is 4.76. The topological polar surface area (TPSA) is 43.4 Å². The molecule has 0 aromatic carbocycles. The van der Waals surface area contributed by atoms with Gasteiger partial charge in [-0.05, 0) is 13.3 Å². The zero-order valence-corrected chi connectivity index (χ0v) is 6.56. The van der Waals surface area contributed by atoms with Gasteiger partial charge in [0.2, 0.25) is 0 Å². The first-order valence-electron chi connectivity index (χ1n) is 2.98. The minimum Gasteiger partial charge on any atom is -0.269 e. The summed E-state index contributed by atoms with van der Waals surface area (Å²) in [6.45, 7) is 3.73. The van der Waals surface area contributed by atoms with E-state index in [1.165, 1.54) is 0 Å². The van der Waals surface area contributed by atoms with E-state index >= 15 is 0 Å². The van der Waals surface area contributed by atoms with Crippen molar-refractivity contribution in [1.82, 2.24) is 0 Å². The Morgan fingerprint density at radius 1 is 1.56 bits per heavy atom. The zero-order valence-electron chi connectivity index (χ0n) is 5.66. The van der Waals surface area contributed by atoms with Crippen LogP contribution in [0.4, 0.5) is 0 Å². The van der Waals surface area contributed by atoms with Crippen LogP contribution in [-0.4, -0.2) is 14.5 Å². The average Bonchev–Trinajstić information content (AvgIpc) is 1.63. The molecule has 0 heterocycles. The molecule has 1 atom stereocenters. The third kappa shape index (κ3) is 5.79. The van der Waals surface area contributed by atoms with Gasteiger partial charge in [0.1, 0.15) is 0 Å². The number of hydrogen-bond donors (Lipinski definition) is 1. The summed E-state index contributed by atoms with van der Waals surface area (Å²) in [5.74, 6) is 0. The lowest BCUT2D eigenvalue weighted by Crippen LogP contribution is -2.05. The summed E-state index contributed by atoms with van der Waals surface area (Å²) < 4.78 is 24.2. The van der Waals surface area contributed by atoms with Gasteiger partial charge in [-0.25, -0.2) is 8.42 Å². The standard InChI is InChI=1S/C5H12O3S/c1-3-4-5(2)8-9(6)7/h5,9H,3-4H2,1-2H3. The van der Waals surface area contributed by atoms with Gasteiger partial charge in [-0.1, -0.05) is 13.3 Å². The average molecular weight is 152 g/mol. The van der Waals surface area contributed by atoms with Gasteiger partial charge < -0.3 is 0 Å². The van der Waals surface area contributed by atoms with E-state index < -0.39 is 11.0 Å². The van der Waals surface area contributed by atoms with E-state index in [2.05, 4.69) is 4.18 Å². The summed E-state index contributed by atoms with van der Waals surface area (Å²) in [5.41, 5.74) is 0. The van der Waals surface area contributed by atoms with E-state index in [1.54, 1.807) is 6.92 Å². The fourth-order valence-corrected chi connectivity index (χ4v) is 1.01. The van der Waals surface area contributed by atoms with Crippen molar-refractivity contribution in [2.75, 3.05) is 0 Å². The van der Waals surface area contributed by atoms with Crippen LogP contribution < -0.4 is 0 Å². The maximum absolute atomic E-state index is 9.90.